The first kappa shape index (κ1) is 22.1. The molecular formula is C17H21NO9. The van der Waals surface area contributed by atoms with Gasteiger partial charge in [0, 0.05) is 32.9 Å². The van der Waals surface area contributed by atoms with Crippen molar-refractivity contribution in [2.75, 3.05) is 26.4 Å². The van der Waals surface area contributed by atoms with Crippen LogP contribution in [0, 0.1) is 0 Å². The number of benzene rings is 1. The highest BCUT2D eigenvalue weighted by atomic mass is 16.6. The Kier molecular flexibility index (Phi) is 8.90. The van der Waals surface area contributed by atoms with E-state index in [1.807, 2.05) is 0 Å². The molecule has 0 fully saturated rings. The van der Waals surface area contributed by atoms with E-state index in [4.69, 9.17) is 24.1 Å². The minimum Gasteiger partial charge on any atom is -0.423 e. The minimum absolute atomic E-state index is 0.000519. The van der Waals surface area contributed by atoms with Gasteiger partial charge in [-0.05, 0) is 12.1 Å². The molecule has 0 bridgehead atoms. The molecule has 0 atom stereocenters. The van der Waals surface area contributed by atoms with Gasteiger partial charge in [0.15, 0.2) is 11.5 Å². The van der Waals surface area contributed by atoms with E-state index in [9.17, 15) is 19.2 Å². The highest BCUT2D eigenvalue weighted by molar-refractivity contribution is 5.96. The van der Waals surface area contributed by atoms with Gasteiger partial charge in [-0.25, -0.2) is 0 Å². The van der Waals surface area contributed by atoms with Crippen molar-refractivity contribution in [3.8, 4) is 17.2 Å². The molecular weight excluding hydrogens is 362 g/mol. The molecule has 0 saturated heterocycles. The third-order valence-electron chi connectivity index (χ3n) is 2.80. The van der Waals surface area contributed by atoms with Crippen molar-refractivity contribution in [3.05, 3.63) is 17.7 Å². The Bertz CT molecular complexity index is 677. The maximum atomic E-state index is 12.3. The Morgan fingerprint density at radius 1 is 0.889 bits per heavy atom. The topological polar surface area (TPSA) is 137 Å². The average Bonchev–Trinajstić information content (AvgIpc) is 2.55. The van der Waals surface area contributed by atoms with Crippen LogP contribution < -0.4 is 19.5 Å². The van der Waals surface area contributed by atoms with Gasteiger partial charge in [-0.3, -0.25) is 19.2 Å². The van der Waals surface area contributed by atoms with Crippen molar-refractivity contribution in [2.45, 2.75) is 20.8 Å². The number of carbonyl (C=O) groups is 4. The molecule has 0 spiro atoms. The van der Waals surface area contributed by atoms with Crippen LogP contribution in [0.4, 0.5) is 0 Å². The molecule has 10 nitrogen and oxygen atoms in total. The molecule has 0 aliphatic carbocycles. The van der Waals surface area contributed by atoms with Crippen LogP contribution in [0.2, 0.25) is 0 Å². The maximum Gasteiger partial charge on any atom is 0.308 e. The summed E-state index contributed by atoms with van der Waals surface area (Å²) in [6.07, 6.45) is 0. The molecule has 1 rings (SSSR count). The van der Waals surface area contributed by atoms with E-state index < -0.39 is 23.8 Å². The van der Waals surface area contributed by atoms with Crippen LogP contribution in [0.15, 0.2) is 12.1 Å². The smallest absolute Gasteiger partial charge is 0.308 e. The summed E-state index contributed by atoms with van der Waals surface area (Å²) in [6, 6.07) is 2.35. The van der Waals surface area contributed by atoms with E-state index in [0.717, 1.165) is 20.8 Å². The van der Waals surface area contributed by atoms with E-state index in [1.165, 1.54) is 12.1 Å². The molecule has 1 amide bonds. The Hall–Kier alpha value is -2.98. The molecule has 0 aliphatic rings. The van der Waals surface area contributed by atoms with Crippen LogP contribution in [0.5, 0.6) is 17.2 Å². The van der Waals surface area contributed by atoms with Gasteiger partial charge in [-0.2, -0.15) is 0 Å². The van der Waals surface area contributed by atoms with Crippen molar-refractivity contribution in [2.24, 2.45) is 0 Å². The van der Waals surface area contributed by atoms with E-state index in [1.54, 1.807) is 0 Å². The Morgan fingerprint density at radius 2 is 1.41 bits per heavy atom. The van der Waals surface area contributed by atoms with E-state index in [0.29, 0.717) is 0 Å². The van der Waals surface area contributed by atoms with Crippen LogP contribution in [0.3, 0.4) is 0 Å². The SMILES string of the molecule is CC(=O)Oc1cc(C(=O)NCCOCCO)cc(OC(C)=O)c1OC(C)=O. The monoisotopic (exact) mass is 383 g/mol. The molecule has 2 N–H and O–H groups in total. The summed E-state index contributed by atoms with van der Waals surface area (Å²) in [6.45, 7) is 3.68. The summed E-state index contributed by atoms with van der Waals surface area (Å²) in [5, 5.41) is 11.2. The van der Waals surface area contributed by atoms with Gasteiger partial charge in [-0.15, -0.1) is 0 Å². The summed E-state index contributed by atoms with van der Waals surface area (Å²) in [5.74, 6) is -3.57. The second-order valence-electron chi connectivity index (χ2n) is 5.17. The van der Waals surface area contributed by atoms with Crippen molar-refractivity contribution in [1.29, 1.82) is 0 Å². The molecule has 0 unspecified atom stereocenters. The van der Waals surface area contributed by atoms with E-state index in [2.05, 4.69) is 5.32 Å². The van der Waals surface area contributed by atoms with Gasteiger partial charge in [-0.1, -0.05) is 0 Å². The highest BCUT2D eigenvalue weighted by Crippen LogP contribution is 2.39. The number of rotatable bonds is 9. The molecule has 0 heterocycles. The molecule has 10 heteroatoms. The number of nitrogens with one attached hydrogen (secondary N) is 1. The van der Waals surface area contributed by atoms with Gasteiger partial charge >= 0.3 is 17.9 Å². The van der Waals surface area contributed by atoms with Crippen LogP contribution >= 0.6 is 0 Å². The van der Waals surface area contributed by atoms with Crippen LogP contribution in [0.25, 0.3) is 0 Å². The molecule has 27 heavy (non-hydrogen) atoms. The quantitative estimate of drug-likeness (QED) is 0.348. The Balaban J connectivity index is 3.16. The first-order valence-electron chi connectivity index (χ1n) is 7.94. The lowest BCUT2D eigenvalue weighted by Gasteiger charge is -2.15. The number of esters is 3. The van der Waals surface area contributed by atoms with Gasteiger partial charge in [0.1, 0.15) is 0 Å². The zero-order valence-corrected chi connectivity index (χ0v) is 15.2. The zero-order chi connectivity index (χ0) is 20.4. The Morgan fingerprint density at radius 3 is 1.85 bits per heavy atom. The predicted octanol–water partition coefficient (Wildman–Crippen LogP) is 0.201. The summed E-state index contributed by atoms with van der Waals surface area (Å²) < 4.78 is 19.9. The molecule has 0 saturated carbocycles. The van der Waals surface area contributed by atoms with Crippen LogP contribution in [-0.4, -0.2) is 55.3 Å². The van der Waals surface area contributed by atoms with Crippen molar-refractivity contribution < 1.29 is 43.2 Å². The van der Waals surface area contributed by atoms with Crippen LogP contribution in [-0.2, 0) is 19.1 Å². The zero-order valence-electron chi connectivity index (χ0n) is 15.2. The lowest BCUT2D eigenvalue weighted by molar-refractivity contribution is -0.135. The van der Waals surface area contributed by atoms with Gasteiger partial charge < -0.3 is 29.4 Å². The normalized spacial score (nSPS) is 10.1. The Labute approximate surface area is 155 Å². The summed E-state index contributed by atoms with van der Waals surface area (Å²) in [4.78, 5) is 46.3. The van der Waals surface area contributed by atoms with E-state index in [-0.39, 0.29) is 49.2 Å². The maximum absolute atomic E-state index is 12.3. The van der Waals surface area contributed by atoms with Gasteiger partial charge in [0.25, 0.3) is 5.91 Å². The number of aliphatic hydroxyl groups excluding tert-OH is 1. The fourth-order valence-electron chi connectivity index (χ4n) is 1.92. The van der Waals surface area contributed by atoms with Crippen molar-refractivity contribution >= 4 is 23.8 Å². The number of amides is 1. The second kappa shape index (κ2) is 10.9. The minimum atomic E-state index is -0.741. The summed E-state index contributed by atoms with van der Waals surface area (Å²) in [7, 11) is 0. The first-order chi connectivity index (χ1) is 12.7. The molecule has 0 aliphatic heterocycles. The van der Waals surface area contributed by atoms with Crippen molar-refractivity contribution in [1.82, 2.24) is 5.32 Å². The van der Waals surface area contributed by atoms with Crippen molar-refractivity contribution in [3.63, 3.8) is 0 Å². The number of hydrogen-bond acceptors (Lipinski definition) is 9. The number of ether oxygens (including phenoxy) is 4. The number of aliphatic hydroxyl groups is 1. The lowest BCUT2D eigenvalue weighted by Crippen LogP contribution is -2.27. The molecule has 1 aromatic rings. The third-order valence-corrected chi connectivity index (χ3v) is 2.80. The standard InChI is InChI=1S/C17H21NO9/c1-10(20)25-14-8-13(17(23)18-4-6-24-7-5-19)9-15(26-11(2)21)16(14)27-12(3)22/h8-9,19H,4-7H2,1-3H3,(H,18,23). The van der Waals surface area contributed by atoms with E-state index >= 15 is 0 Å². The molecule has 148 valence electrons. The average molecular weight is 383 g/mol. The summed E-state index contributed by atoms with van der Waals surface area (Å²) in [5.41, 5.74) is 0.000519. The predicted molar refractivity (Wildman–Crippen MR) is 90.6 cm³/mol. The van der Waals surface area contributed by atoms with Crippen LogP contribution in [0.1, 0.15) is 31.1 Å². The fraction of sp³-hybridized carbons (Fsp3) is 0.412. The van der Waals surface area contributed by atoms with Gasteiger partial charge in [0.2, 0.25) is 5.75 Å². The highest BCUT2D eigenvalue weighted by Gasteiger charge is 2.22. The largest absolute Gasteiger partial charge is 0.423 e. The first-order valence-corrected chi connectivity index (χ1v) is 7.94. The fourth-order valence-corrected chi connectivity index (χ4v) is 1.92. The lowest BCUT2D eigenvalue weighted by atomic mass is 10.1. The molecule has 1 aromatic carbocycles. The second-order valence-corrected chi connectivity index (χ2v) is 5.17. The van der Waals surface area contributed by atoms with Gasteiger partial charge in [0.05, 0.1) is 19.8 Å². The number of hydrogen-bond donors (Lipinski definition) is 2. The summed E-state index contributed by atoms with van der Waals surface area (Å²) >= 11 is 0. The molecule has 0 aromatic heterocycles. The molecule has 0 radical (unpaired) electrons. The third kappa shape index (κ3) is 7.84. The number of carbonyl (C=O) groups excluding carboxylic acids is 4.